The Balaban J connectivity index is 1.86. The summed E-state index contributed by atoms with van der Waals surface area (Å²) in [6.45, 7) is 0. The quantitative estimate of drug-likeness (QED) is 0.706. The predicted octanol–water partition coefficient (Wildman–Crippen LogP) is 1.11. The molecule has 0 aromatic carbocycles. The summed E-state index contributed by atoms with van der Waals surface area (Å²) in [7, 11) is 0. The summed E-state index contributed by atoms with van der Waals surface area (Å²) in [5.41, 5.74) is 0. The standard InChI is InChI=1S/C9H14N2O/c12-8(7-2-1-3-7)6-9-10-4-5-11-9/h4-5,7-8,12H,1-3,6H2,(H,10,11). The van der Waals surface area contributed by atoms with Gasteiger partial charge in [0.15, 0.2) is 0 Å². The van der Waals surface area contributed by atoms with Gasteiger partial charge in [0.25, 0.3) is 0 Å². The highest BCUT2D eigenvalue weighted by molar-refractivity contribution is 4.91. The molecule has 0 saturated heterocycles. The lowest BCUT2D eigenvalue weighted by Crippen LogP contribution is -2.28. The van der Waals surface area contributed by atoms with Crippen LogP contribution < -0.4 is 0 Å². The van der Waals surface area contributed by atoms with E-state index in [-0.39, 0.29) is 6.10 Å². The summed E-state index contributed by atoms with van der Waals surface area (Å²) in [5.74, 6) is 1.42. The van der Waals surface area contributed by atoms with E-state index in [1.165, 1.54) is 19.3 Å². The second kappa shape index (κ2) is 3.27. The molecule has 1 saturated carbocycles. The van der Waals surface area contributed by atoms with Gasteiger partial charge in [0.05, 0.1) is 6.10 Å². The summed E-state index contributed by atoms with van der Waals surface area (Å²) < 4.78 is 0. The van der Waals surface area contributed by atoms with Crippen LogP contribution >= 0.6 is 0 Å². The third kappa shape index (κ3) is 1.50. The molecule has 12 heavy (non-hydrogen) atoms. The van der Waals surface area contributed by atoms with E-state index in [4.69, 9.17) is 0 Å². The molecule has 1 atom stereocenters. The van der Waals surface area contributed by atoms with E-state index in [0.29, 0.717) is 12.3 Å². The molecule has 0 radical (unpaired) electrons. The number of aromatic amines is 1. The van der Waals surface area contributed by atoms with Gasteiger partial charge in [-0.2, -0.15) is 0 Å². The zero-order valence-corrected chi connectivity index (χ0v) is 7.03. The van der Waals surface area contributed by atoms with Crippen molar-refractivity contribution in [3.63, 3.8) is 0 Å². The number of H-pyrrole nitrogens is 1. The SMILES string of the molecule is OC(Cc1ncc[nH]1)C1CCC1. The molecule has 1 aromatic heterocycles. The van der Waals surface area contributed by atoms with Crippen molar-refractivity contribution in [1.82, 2.24) is 9.97 Å². The van der Waals surface area contributed by atoms with Crippen LogP contribution in [-0.2, 0) is 6.42 Å². The van der Waals surface area contributed by atoms with Crippen LogP contribution in [0.1, 0.15) is 25.1 Å². The Hall–Kier alpha value is -0.830. The van der Waals surface area contributed by atoms with Crippen LogP contribution in [0.4, 0.5) is 0 Å². The van der Waals surface area contributed by atoms with Gasteiger partial charge in [0.2, 0.25) is 0 Å². The number of hydrogen-bond acceptors (Lipinski definition) is 2. The highest BCUT2D eigenvalue weighted by Crippen LogP contribution is 2.30. The highest BCUT2D eigenvalue weighted by Gasteiger charge is 2.25. The number of hydrogen-bond donors (Lipinski definition) is 2. The molecule has 66 valence electrons. The van der Waals surface area contributed by atoms with Gasteiger partial charge in [0, 0.05) is 18.8 Å². The molecule has 2 N–H and O–H groups in total. The molecule has 0 aliphatic heterocycles. The summed E-state index contributed by atoms with van der Waals surface area (Å²) in [4.78, 5) is 7.08. The minimum Gasteiger partial charge on any atom is -0.392 e. The number of aliphatic hydroxyl groups excluding tert-OH is 1. The van der Waals surface area contributed by atoms with Crippen molar-refractivity contribution in [2.75, 3.05) is 0 Å². The van der Waals surface area contributed by atoms with Crippen molar-refractivity contribution in [2.45, 2.75) is 31.8 Å². The number of nitrogens with zero attached hydrogens (tertiary/aromatic N) is 1. The zero-order valence-electron chi connectivity index (χ0n) is 7.03. The molecule has 3 nitrogen and oxygen atoms in total. The van der Waals surface area contributed by atoms with Crippen LogP contribution in [0.25, 0.3) is 0 Å². The fourth-order valence-corrected chi connectivity index (χ4v) is 1.60. The van der Waals surface area contributed by atoms with E-state index >= 15 is 0 Å². The fourth-order valence-electron chi connectivity index (χ4n) is 1.60. The molecule has 1 aromatic rings. The topological polar surface area (TPSA) is 48.9 Å². The van der Waals surface area contributed by atoms with E-state index < -0.39 is 0 Å². The lowest BCUT2D eigenvalue weighted by atomic mass is 9.80. The summed E-state index contributed by atoms with van der Waals surface area (Å²) in [6.07, 6.45) is 7.65. The van der Waals surface area contributed by atoms with Crippen LogP contribution in [-0.4, -0.2) is 21.2 Å². The first-order valence-corrected chi connectivity index (χ1v) is 4.52. The molecular formula is C9H14N2O. The fraction of sp³-hybridized carbons (Fsp3) is 0.667. The number of aliphatic hydroxyl groups is 1. The zero-order chi connectivity index (χ0) is 8.39. The molecule has 0 amide bonds. The van der Waals surface area contributed by atoms with Crippen LogP contribution in [0.5, 0.6) is 0 Å². The van der Waals surface area contributed by atoms with Crippen LogP contribution in [0.15, 0.2) is 12.4 Å². The second-order valence-electron chi connectivity index (χ2n) is 3.50. The van der Waals surface area contributed by atoms with Crippen molar-refractivity contribution >= 4 is 0 Å². The van der Waals surface area contributed by atoms with E-state index in [2.05, 4.69) is 9.97 Å². The smallest absolute Gasteiger partial charge is 0.108 e. The largest absolute Gasteiger partial charge is 0.392 e. The average Bonchev–Trinajstić information content (AvgIpc) is 2.34. The Labute approximate surface area is 71.8 Å². The lowest BCUT2D eigenvalue weighted by molar-refractivity contribution is 0.0616. The molecular weight excluding hydrogens is 152 g/mol. The maximum Gasteiger partial charge on any atom is 0.108 e. The summed E-state index contributed by atoms with van der Waals surface area (Å²) >= 11 is 0. The van der Waals surface area contributed by atoms with Gasteiger partial charge < -0.3 is 10.1 Å². The van der Waals surface area contributed by atoms with Gasteiger partial charge in [-0.25, -0.2) is 4.98 Å². The number of rotatable bonds is 3. The van der Waals surface area contributed by atoms with Gasteiger partial charge in [-0.1, -0.05) is 6.42 Å². The van der Waals surface area contributed by atoms with Gasteiger partial charge >= 0.3 is 0 Å². The third-order valence-electron chi connectivity index (χ3n) is 2.65. The molecule has 1 heterocycles. The maximum absolute atomic E-state index is 9.68. The highest BCUT2D eigenvalue weighted by atomic mass is 16.3. The van der Waals surface area contributed by atoms with Gasteiger partial charge in [-0.3, -0.25) is 0 Å². The van der Waals surface area contributed by atoms with Crippen molar-refractivity contribution in [2.24, 2.45) is 5.92 Å². The average molecular weight is 166 g/mol. The van der Waals surface area contributed by atoms with E-state index in [9.17, 15) is 5.11 Å². The monoisotopic (exact) mass is 166 g/mol. The Morgan fingerprint density at radius 3 is 3.00 bits per heavy atom. The summed E-state index contributed by atoms with van der Waals surface area (Å²) in [6, 6.07) is 0. The maximum atomic E-state index is 9.68. The number of nitrogens with one attached hydrogen (secondary N) is 1. The first-order valence-electron chi connectivity index (χ1n) is 4.52. The Bertz CT molecular complexity index is 229. The molecule has 1 aliphatic rings. The Morgan fingerprint density at radius 1 is 1.67 bits per heavy atom. The van der Waals surface area contributed by atoms with Gasteiger partial charge in [-0.05, 0) is 18.8 Å². The van der Waals surface area contributed by atoms with Gasteiger partial charge in [0.1, 0.15) is 5.82 Å². The van der Waals surface area contributed by atoms with Crippen molar-refractivity contribution in [3.8, 4) is 0 Å². The predicted molar refractivity (Wildman–Crippen MR) is 45.6 cm³/mol. The third-order valence-corrected chi connectivity index (χ3v) is 2.65. The first kappa shape index (κ1) is 7.80. The number of aromatic nitrogens is 2. The normalized spacial score (nSPS) is 20.4. The molecule has 2 rings (SSSR count). The van der Waals surface area contributed by atoms with Crippen molar-refractivity contribution in [3.05, 3.63) is 18.2 Å². The van der Waals surface area contributed by atoms with Crippen molar-refractivity contribution in [1.29, 1.82) is 0 Å². The molecule has 1 aliphatic carbocycles. The number of imidazole rings is 1. The lowest BCUT2D eigenvalue weighted by Gasteiger charge is -2.29. The van der Waals surface area contributed by atoms with E-state index in [1.807, 2.05) is 0 Å². The van der Waals surface area contributed by atoms with Crippen LogP contribution in [0.2, 0.25) is 0 Å². The van der Waals surface area contributed by atoms with Crippen molar-refractivity contribution < 1.29 is 5.11 Å². The minimum absolute atomic E-state index is 0.190. The Morgan fingerprint density at radius 2 is 2.50 bits per heavy atom. The van der Waals surface area contributed by atoms with Crippen LogP contribution in [0.3, 0.4) is 0 Å². The Kier molecular flexibility index (Phi) is 2.13. The van der Waals surface area contributed by atoms with E-state index in [1.54, 1.807) is 12.4 Å². The van der Waals surface area contributed by atoms with Gasteiger partial charge in [-0.15, -0.1) is 0 Å². The molecule has 0 bridgehead atoms. The molecule has 1 fully saturated rings. The van der Waals surface area contributed by atoms with Crippen LogP contribution in [0, 0.1) is 5.92 Å². The first-order chi connectivity index (χ1) is 5.86. The molecule has 3 heteroatoms. The van der Waals surface area contributed by atoms with E-state index in [0.717, 1.165) is 5.82 Å². The molecule has 0 spiro atoms. The summed E-state index contributed by atoms with van der Waals surface area (Å²) in [5, 5.41) is 9.68. The molecule has 1 unspecified atom stereocenters. The second-order valence-corrected chi connectivity index (χ2v) is 3.50. The minimum atomic E-state index is -0.190.